The summed E-state index contributed by atoms with van der Waals surface area (Å²) in [6.07, 6.45) is 1.18. The number of amides is 1. The predicted octanol–water partition coefficient (Wildman–Crippen LogP) is 3.50. The molecule has 2 aromatic rings. The number of nitrogens with one attached hydrogen (secondary N) is 1. The van der Waals surface area contributed by atoms with Crippen molar-refractivity contribution in [3.8, 4) is 11.3 Å². The summed E-state index contributed by atoms with van der Waals surface area (Å²) in [5.74, 6) is 1.12. The zero-order valence-corrected chi connectivity index (χ0v) is 15.8. The van der Waals surface area contributed by atoms with Crippen molar-refractivity contribution in [1.29, 1.82) is 0 Å². The number of aryl methyl sites for hydroxylation is 1. The largest absolute Gasteiger partial charge is 0.460 e. The molecule has 138 valence electrons. The van der Waals surface area contributed by atoms with Crippen molar-refractivity contribution >= 4 is 17.5 Å². The molecule has 3 atom stereocenters. The quantitative estimate of drug-likeness (QED) is 0.893. The number of hydrogen-bond donors (Lipinski definition) is 1. The Morgan fingerprint density at radius 1 is 1.31 bits per heavy atom. The summed E-state index contributed by atoms with van der Waals surface area (Å²) in [7, 11) is 0. The van der Waals surface area contributed by atoms with Crippen LogP contribution in [0.1, 0.15) is 29.5 Å². The Hall–Kier alpha value is -1.82. The predicted molar refractivity (Wildman–Crippen MR) is 101 cm³/mol. The number of fused-ring (bicyclic) bond motifs is 1. The van der Waals surface area contributed by atoms with Crippen LogP contribution in [0.5, 0.6) is 0 Å². The highest BCUT2D eigenvalue weighted by Crippen LogP contribution is 2.31. The maximum atomic E-state index is 12.8. The first-order valence-corrected chi connectivity index (χ1v) is 9.41. The number of ether oxygens (including phenoxy) is 1. The summed E-state index contributed by atoms with van der Waals surface area (Å²) in [4.78, 5) is 15.2. The van der Waals surface area contributed by atoms with Gasteiger partial charge in [-0.05, 0) is 38.5 Å². The second-order valence-corrected chi connectivity index (χ2v) is 7.63. The summed E-state index contributed by atoms with van der Waals surface area (Å²) in [6, 6.07) is 9.79. The molecule has 3 heterocycles. The number of furan rings is 1. The van der Waals surface area contributed by atoms with Crippen molar-refractivity contribution in [2.45, 2.75) is 38.5 Å². The molecule has 2 saturated heterocycles. The molecule has 5 nitrogen and oxygen atoms in total. The molecular formula is C20H23ClN2O3. The van der Waals surface area contributed by atoms with Crippen LogP contribution >= 0.6 is 11.6 Å². The minimum Gasteiger partial charge on any atom is -0.460 e. The van der Waals surface area contributed by atoms with Gasteiger partial charge in [0.05, 0.1) is 23.3 Å². The maximum Gasteiger partial charge on any atom is 0.255 e. The lowest BCUT2D eigenvalue weighted by Gasteiger charge is -2.33. The third-order valence-corrected chi connectivity index (χ3v) is 5.56. The standard InChI is InChI=1S/C20H23ClN2O3/c1-12-9-23-10-14(7-15(23)11-25-12)22-20(24)17-8-19(26-13(17)2)16-5-3-4-6-18(16)21/h3-6,8,12,14-15H,7,9-11H2,1-2H3,(H,22,24)/t12-,14-,15-/m0/s1. The highest BCUT2D eigenvalue weighted by Gasteiger charge is 2.37. The fraction of sp³-hybridized carbons (Fsp3) is 0.450. The molecule has 0 unspecified atom stereocenters. The molecule has 0 bridgehead atoms. The minimum absolute atomic E-state index is 0.0941. The zero-order chi connectivity index (χ0) is 18.3. The van der Waals surface area contributed by atoms with Gasteiger partial charge >= 0.3 is 0 Å². The Balaban J connectivity index is 1.47. The smallest absolute Gasteiger partial charge is 0.255 e. The van der Waals surface area contributed by atoms with Gasteiger partial charge in [0.2, 0.25) is 0 Å². The fourth-order valence-corrected chi connectivity index (χ4v) is 4.14. The first-order valence-electron chi connectivity index (χ1n) is 9.03. The van der Waals surface area contributed by atoms with E-state index in [1.54, 1.807) is 6.07 Å². The van der Waals surface area contributed by atoms with E-state index in [4.69, 9.17) is 20.8 Å². The van der Waals surface area contributed by atoms with Gasteiger partial charge in [-0.1, -0.05) is 23.7 Å². The van der Waals surface area contributed by atoms with Crippen LogP contribution in [0.2, 0.25) is 5.02 Å². The molecule has 0 saturated carbocycles. The van der Waals surface area contributed by atoms with Crippen LogP contribution in [0.15, 0.2) is 34.7 Å². The molecule has 1 amide bonds. The van der Waals surface area contributed by atoms with Gasteiger partial charge in [-0.15, -0.1) is 0 Å². The van der Waals surface area contributed by atoms with Crippen molar-refractivity contribution in [3.63, 3.8) is 0 Å². The minimum atomic E-state index is -0.0941. The summed E-state index contributed by atoms with van der Waals surface area (Å²) in [5.41, 5.74) is 1.36. The van der Waals surface area contributed by atoms with E-state index in [2.05, 4.69) is 17.1 Å². The van der Waals surface area contributed by atoms with Crippen molar-refractivity contribution in [1.82, 2.24) is 10.2 Å². The summed E-state index contributed by atoms with van der Waals surface area (Å²) >= 11 is 6.24. The van der Waals surface area contributed by atoms with E-state index in [1.165, 1.54) is 0 Å². The van der Waals surface area contributed by atoms with Crippen molar-refractivity contribution in [2.24, 2.45) is 0 Å². The average Bonchev–Trinajstić information content (AvgIpc) is 3.17. The van der Waals surface area contributed by atoms with Gasteiger partial charge in [-0.3, -0.25) is 9.69 Å². The number of carbonyl (C=O) groups is 1. The van der Waals surface area contributed by atoms with Crippen LogP contribution in [-0.4, -0.2) is 48.7 Å². The first kappa shape index (κ1) is 17.6. The van der Waals surface area contributed by atoms with Crippen LogP contribution in [-0.2, 0) is 4.74 Å². The summed E-state index contributed by atoms with van der Waals surface area (Å²) < 4.78 is 11.5. The molecule has 0 aliphatic carbocycles. The first-order chi connectivity index (χ1) is 12.5. The van der Waals surface area contributed by atoms with E-state index >= 15 is 0 Å². The number of hydrogen-bond acceptors (Lipinski definition) is 4. The van der Waals surface area contributed by atoms with Crippen LogP contribution < -0.4 is 5.32 Å². The number of halogens is 1. The van der Waals surface area contributed by atoms with Crippen molar-refractivity contribution in [3.05, 3.63) is 46.7 Å². The van der Waals surface area contributed by atoms with Gasteiger partial charge in [-0.25, -0.2) is 0 Å². The molecule has 1 aromatic carbocycles. The molecule has 2 aliphatic rings. The number of morpholine rings is 1. The van der Waals surface area contributed by atoms with Crippen LogP contribution in [0.4, 0.5) is 0 Å². The lowest BCUT2D eigenvalue weighted by Crippen LogP contribution is -2.45. The Morgan fingerprint density at radius 2 is 2.12 bits per heavy atom. The van der Waals surface area contributed by atoms with Crippen molar-refractivity contribution < 1.29 is 13.9 Å². The lowest BCUT2D eigenvalue weighted by atomic mass is 10.1. The molecule has 0 spiro atoms. The molecule has 4 rings (SSSR count). The Kier molecular flexibility index (Phi) is 4.78. The van der Waals surface area contributed by atoms with Gasteiger partial charge in [0.15, 0.2) is 0 Å². The monoisotopic (exact) mass is 374 g/mol. The fourth-order valence-electron chi connectivity index (χ4n) is 3.91. The van der Waals surface area contributed by atoms with Crippen LogP contribution in [0.3, 0.4) is 0 Å². The molecule has 0 radical (unpaired) electrons. The van der Waals surface area contributed by atoms with Gasteiger partial charge in [0.1, 0.15) is 11.5 Å². The molecule has 2 aliphatic heterocycles. The molecule has 1 aromatic heterocycles. The number of rotatable bonds is 3. The zero-order valence-electron chi connectivity index (χ0n) is 15.0. The van der Waals surface area contributed by atoms with E-state index < -0.39 is 0 Å². The third-order valence-electron chi connectivity index (χ3n) is 5.23. The highest BCUT2D eigenvalue weighted by atomic mass is 35.5. The Labute approximate surface area is 158 Å². The summed E-state index contributed by atoms with van der Waals surface area (Å²) in [5, 5.41) is 3.76. The molecule has 2 fully saturated rings. The molecule has 1 N–H and O–H groups in total. The second kappa shape index (κ2) is 7.06. The van der Waals surface area contributed by atoms with E-state index in [-0.39, 0.29) is 18.1 Å². The van der Waals surface area contributed by atoms with Crippen LogP contribution in [0, 0.1) is 6.92 Å². The van der Waals surface area contributed by atoms with E-state index in [1.807, 2.05) is 31.2 Å². The Bertz CT molecular complexity index is 819. The third kappa shape index (κ3) is 3.39. The number of carbonyl (C=O) groups excluding carboxylic acids is 1. The number of nitrogens with zero attached hydrogens (tertiary/aromatic N) is 1. The van der Waals surface area contributed by atoms with Crippen LogP contribution in [0.25, 0.3) is 11.3 Å². The van der Waals surface area contributed by atoms with E-state index in [0.29, 0.717) is 28.1 Å². The topological polar surface area (TPSA) is 54.7 Å². The normalized spacial score (nSPS) is 25.9. The SMILES string of the molecule is Cc1oc(-c2ccccc2Cl)cc1C(=O)N[C@H]1C[C@H]2CO[C@@H](C)CN2C1. The van der Waals surface area contributed by atoms with Gasteiger partial charge in [0, 0.05) is 30.7 Å². The van der Waals surface area contributed by atoms with Crippen molar-refractivity contribution in [2.75, 3.05) is 19.7 Å². The van der Waals surface area contributed by atoms with E-state index in [0.717, 1.165) is 31.7 Å². The molecule has 6 heteroatoms. The van der Waals surface area contributed by atoms with Gasteiger partial charge in [-0.2, -0.15) is 0 Å². The highest BCUT2D eigenvalue weighted by molar-refractivity contribution is 6.33. The molecule has 26 heavy (non-hydrogen) atoms. The second-order valence-electron chi connectivity index (χ2n) is 7.22. The number of benzene rings is 1. The Morgan fingerprint density at radius 3 is 2.92 bits per heavy atom. The lowest BCUT2D eigenvalue weighted by molar-refractivity contribution is -0.0390. The van der Waals surface area contributed by atoms with E-state index in [9.17, 15) is 4.79 Å². The van der Waals surface area contributed by atoms with Gasteiger partial charge in [0.25, 0.3) is 5.91 Å². The van der Waals surface area contributed by atoms with Gasteiger partial charge < -0.3 is 14.5 Å². The maximum absolute atomic E-state index is 12.8. The average molecular weight is 375 g/mol. The summed E-state index contributed by atoms with van der Waals surface area (Å²) in [6.45, 7) is 6.45. The molecular weight excluding hydrogens is 352 g/mol.